The zero-order valence-electron chi connectivity index (χ0n) is 17.5. The van der Waals surface area contributed by atoms with Crippen molar-refractivity contribution in [1.29, 1.82) is 0 Å². The normalized spacial score (nSPS) is 21.2. The second-order valence-corrected chi connectivity index (χ2v) is 8.21. The molecule has 1 aliphatic heterocycles. The molecule has 8 nitrogen and oxygen atoms in total. The molecule has 8 heteroatoms. The molecule has 2 aliphatic rings. The average Bonchev–Trinajstić information content (AvgIpc) is 3.35. The molecule has 30 heavy (non-hydrogen) atoms. The Bertz CT molecular complexity index is 1020. The molecular weight excluding hydrogens is 384 g/mol. The number of aliphatic imine (C=N–C) groups is 1. The van der Waals surface area contributed by atoms with Gasteiger partial charge in [-0.25, -0.2) is 4.99 Å². The van der Waals surface area contributed by atoms with E-state index >= 15 is 0 Å². The summed E-state index contributed by atoms with van der Waals surface area (Å²) in [6, 6.07) is 6.62. The minimum absolute atomic E-state index is 0.00674. The van der Waals surface area contributed by atoms with Gasteiger partial charge in [0.25, 0.3) is 5.69 Å². The average molecular weight is 410 g/mol. The van der Waals surface area contributed by atoms with Gasteiger partial charge in [0.05, 0.1) is 17.7 Å². The number of carbonyl (C=O) groups is 1. The molecule has 0 amide bonds. The van der Waals surface area contributed by atoms with Crippen LogP contribution in [-0.4, -0.2) is 33.5 Å². The predicted octanol–water partition coefficient (Wildman–Crippen LogP) is 4.09. The molecule has 2 atom stereocenters. The zero-order valence-corrected chi connectivity index (χ0v) is 17.5. The first kappa shape index (κ1) is 20.3. The van der Waals surface area contributed by atoms with Crippen molar-refractivity contribution in [3.05, 3.63) is 51.2 Å². The standard InChI is InChI=1S/C22H26N4O4/c1-13-18(22(27)30-3)19(15-10-6-7-11-17(15)26(28)29)20-16(12-14-8-4-5-9-14)24-25(2)21(20)23-13/h6-7,10-11,14,18-19H,4-5,8-9,12H2,1-3H3. The van der Waals surface area contributed by atoms with Crippen molar-refractivity contribution >= 4 is 23.2 Å². The topological polar surface area (TPSA) is 99.6 Å². The molecule has 1 aromatic carbocycles. The summed E-state index contributed by atoms with van der Waals surface area (Å²) in [5, 5.41) is 16.6. The fourth-order valence-corrected chi connectivity index (χ4v) is 5.01. The highest BCUT2D eigenvalue weighted by atomic mass is 16.6. The molecule has 0 spiro atoms. The van der Waals surface area contributed by atoms with Crippen LogP contribution in [0.4, 0.5) is 11.5 Å². The third-order valence-corrected chi connectivity index (χ3v) is 6.39. The van der Waals surface area contributed by atoms with Crippen molar-refractivity contribution in [2.24, 2.45) is 23.9 Å². The molecule has 1 aromatic heterocycles. The molecule has 0 bridgehead atoms. The van der Waals surface area contributed by atoms with E-state index in [4.69, 9.17) is 9.84 Å². The van der Waals surface area contributed by atoms with Crippen LogP contribution in [0.2, 0.25) is 0 Å². The minimum atomic E-state index is -0.727. The summed E-state index contributed by atoms with van der Waals surface area (Å²) in [5.41, 5.74) is 2.77. The molecule has 1 aliphatic carbocycles. The first-order valence-corrected chi connectivity index (χ1v) is 10.3. The number of aryl methyl sites for hydroxylation is 1. The van der Waals surface area contributed by atoms with Gasteiger partial charge in [-0.15, -0.1) is 0 Å². The lowest BCUT2D eigenvalue weighted by Crippen LogP contribution is -2.33. The van der Waals surface area contributed by atoms with Crippen molar-refractivity contribution < 1.29 is 14.5 Å². The number of aromatic nitrogens is 2. The van der Waals surface area contributed by atoms with Crippen molar-refractivity contribution in [1.82, 2.24) is 9.78 Å². The van der Waals surface area contributed by atoms with Gasteiger partial charge in [0.1, 0.15) is 5.92 Å². The minimum Gasteiger partial charge on any atom is -0.468 e. The van der Waals surface area contributed by atoms with Gasteiger partial charge in [0.2, 0.25) is 0 Å². The first-order valence-electron chi connectivity index (χ1n) is 10.3. The Morgan fingerprint density at radius 2 is 2.00 bits per heavy atom. The summed E-state index contributed by atoms with van der Waals surface area (Å²) in [5.74, 6) is -0.518. The summed E-state index contributed by atoms with van der Waals surface area (Å²) >= 11 is 0. The third kappa shape index (κ3) is 3.40. The van der Waals surface area contributed by atoms with Crippen molar-refractivity contribution in [3.63, 3.8) is 0 Å². The first-order chi connectivity index (χ1) is 14.4. The predicted molar refractivity (Wildman–Crippen MR) is 112 cm³/mol. The van der Waals surface area contributed by atoms with Crippen LogP contribution in [-0.2, 0) is 23.0 Å². The largest absolute Gasteiger partial charge is 0.468 e. The maximum absolute atomic E-state index is 12.8. The van der Waals surface area contributed by atoms with Crippen molar-refractivity contribution in [2.75, 3.05) is 7.11 Å². The smallest absolute Gasteiger partial charge is 0.315 e. The fourth-order valence-electron chi connectivity index (χ4n) is 5.01. The molecule has 2 heterocycles. The maximum Gasteiger partial charge on any atom is 0.315 e. The van der Waals surface area contributed by atoms with Gasteiger partial charge in [-0.2, -0.15) is 5.10 Å². The van der Waals surface area contributed by atoms with Gasteiger partial charge in [-0.1, -0.05) is 43.9 Å². The van der Waals surface area contributed by atoms with Gasteiger partial charge in [0, 0.05) is 35.9 Å². The Balaban J connectivity index is 1.93. The number of benzene rings is 1. The van der Waals surface area contributed by atoms with Crippen molar-refractivity contribution in [3.8, 4) is 0 Å². The van der Waals surface area contributed by atoms with E-state index in [0.717, 1.165) is 30.5 Å². The van der Waals surface area contributed by atoms with E-state index < -0.39 is 22.7 Å². The molecular formula is C22H26N4O4. The number of nitro benzene ring substituents is 1. The molecule has 0 saturated heterocycles. The molecule has 0 N–H and O–H groups in total. The van der Waals surface area contributed by atoms with E-state index in [2.05, 4.69) is 4.99 Å². The number of para-hydroxylation sites is 1. The summed E-state index contributed by atoms with van der Waals surface area (Å²) in [6.45, 7) is 1.77. The van der Waals surface area contributed by atoms with Crippen LogP contribution < -0.4 is 0 Å². The van der Waals surface area contributed by atoms with Crippen LogP contribution in [0.5, 0.6) is 0 Å². The number of nitro groups is 1. The Kier molecular flexibility index (Phi) is 5.40. The zero-order chi connectivity index (χ0) is 21.4. The lowest BCUT2D eigenvalue weighted by molar-refractivity contribution is -0.385. The summed E-state index contributed by atoms with van der Waals surface area (Å²) in [6.07, 6.45) is 5.54. The number of esters is 1. The Morgan fingerprint density at radius 3 is 2.67 bits per heavy atom. The molecule has 2 aromatic rings. The second kappa shape index (κ2) is 8.01. The van der Waals surface area contributed by atoms with Gasteiger partial charge in [0.15, 0.2) is 5.82 Å². The Labute approximate surface area is 175 Å². The van der Waals surface area contributed by atoms with E-state index in [9.17, 15) is 14.9 Å². The number of nitrogens with zero attached hydrogens (tertiary/aromatic N) is 4. The van der Waals surface area contributed by atoms with Crippen molar-refractivity contribution in [2.45, 2.75) is 44.9 Å². The lowest BCUT2D eigenvalue weighted by Gasteiger charge is -2.29. The third-order valence-electron chi connectivity index (χ3n) is 6.39. The summed E-state index contributed by atoms with van der Waals surface area (Å²) in [4.78, 5) is 28.9. The summed E-state index contributed by atoms with van der Waals surface area (Å²) < 4.78 is 6.83. The van der Waals surface area contributed by atoms with E-state index in [1.165, 1.54) is 26.0 Å². The number of carbonyl (C=O) groups excluding carboxylic acids is 1. The van der Waals surface area contributed by atoms with Crippen LogP contribution >= 0.6 is 0 Å². The van der Waals surface area contributed by atoms with Gasteiger partial charge in [-0.3, -0.25) is 19.6 Å². The van der Waals surface area contributed by atoms with Gasteiger partial charge in [-0.05, 0) is 19.3 Å². The van der Waals surface area contributed by atoms with Crippen LogP contribution in [0, 0.1) is 22.0 Å². The molecule has 1 saturated carbocycles. The van der Waals surface area contributed by atoms with E-state index in [1.807, 2.05) is 7.05 Å². The number of ether oxygens (including phenoxy) is 1. The SMILES string of the molecule is COC(=O)C1C(C)=Nc2c(c(CC3CCCC3)nn2C)C1c1ccccc1[N+](=O)[O-]. The highest BCUT2D eigenvalue weighted by Crippen LogP contribution is 2.47. The Hall–Kier alpha value is -3.03. The number of methoxy groups -OCH3 is 1. The Morgan fingerprint density at radius 1 is 1.30 bits per heavy atom. The van der Waals surface area contributed by atoms with Gasteiger partial charge >= 0.3 is 5.97 Å². The van der Waals surface area contributed by atoms with Crippen LogP contribution in [0.25, 0.3) is 0 Å². The highest BCUT2D eigenvalue weighted by Gasteiger charge is 2.44. The monoisotopic (exact) mass is 410 g/mol. The molecule has 2 unspecified atom stereocenters. The van der Waals surface area contributed by atoms with E-state index in [1.54, 1.807) is 29.8 Å². The number of hydrogen-bond donors (Lipinski definition) is 0. The molecule has 158 valence electrons. The molecule has 1 fully saturated rings. The van der Waals surface area contributed by atoms with Crippen LogP contribution in [0.3, 0.4) is 0 Å². The van der Waals surface area contributed by atoms with Crippen LogP contribution in [0.15, 0.2) is 29.3 Å². The number of fused-ring (bicyclic) bond motifs is 1. The fraction of sp³-hybridized carbons (Fsp3) is 0.500. The van der Waals surface area contributed by atoms with Crippen LogP contribution in [0.1, 0.15) is 55.3 Å². The second-order valence-electron chi connectivity index (χ2n) is 8.21. The number of rotatable bonds is 5. The summed E-state index contributed by atoms with van der Waals surface area (Å²) in [7, 11) is 3.17. The quantitative estimate of drug-likeness (QED) is 0.420. The molecule has 4 rings (SSSR count). The van der Waals surface area contributed by atoms with E-state index in [-0.39, 0.29) is 5.69 Å². The highest BCUT2D eigenvalue weighted by molar-refractivity contribution is 6.05. The van der Waals surface area contributed by atoms with Gasteiger partial charge < -0.3 is 4.74 Å². The lowest BCUT2D eigenvalue weighted by atomic mass is 9.75. The number of hydrogen-bond acceptors (Lipinski definition) is 6. The molecule has 0 radical (unpaired) electrons. The van der Waals surface area contributed by atoms with E-state index in [0.29, 0.717) is 23.0 Å². The maximum atomic E-state index is 12.8.